The van der Waals surface area contributed by atoms with Crippen LogP contribution in [-0.2, 0) is 0 Å². The van der Waals surface area contributed by atoms with Crippen molar-refractivity contribution < 1.29 is 0 Å². The summed E-state index contributed by atoms with van der Waals surface area (Å²) in [5, 5.41) is 5.70. The number of nitrogens with two attached hydrogens (primary N) is 1. The molecule has 0 bridgehead atoms. The van der Waals surface area contributed by atoms with Gasteiger partial charge in [-0.3, -0.25) is 0 Å². The fraction of sp³-hybridized carbons (Fsp3) is 0.714. The van der Waals surface area contributed by atoms with Gasteiger partial charge in [0.1, 0.15) is 0 Å². The molecule has 1 atom stereocenters. The maximum atomic E-state index is 6.16. The van der Waals surface area contributed by atoms with E-state index in [1.54, 1.807) is 11.3 Å². The standard InChI is InChI=1S/C14H22N2S/c15-13(14-2-1-7-17-14)9-16-8-12(10-3-4-10)11-5-6-11/h1-2,7,10-13,16H,3-6,8-9,15H2. The van der Waals surface area contributed by atoms with Gasteiger partial charge in [0.05, 0.1) is 6.04 Å². The van der Waals surface area contributed by atoms with Gasteiger partial charge in [-0.25, -0.2) is 0 Å². The van der Waals surface area contributed by atoms with Crippen LogP contribution in [0.15, 0.2) is 17.5 Å². The van der Waals surface area contributed by atoms with Gasteiger partial charge in [0.2, 0.25) is 0 Å². The van der Waals surface area contributed by atoms with E-state index < -0.39 is 0 Å². The van der Waals surface area contributed by atoms with E-state index in [2.05, 4.69) is 22.8 Å². The lowest BCUT2D eigenvalue weighted by Gasteiger charge is -2.18. The van der Waals surface area contributed by atoms with Crippen LogP contribution in [-0.4, -0.2) is 13.1 Å². The van der Waals surface area contributed by atoms with E-state index in [1.807, 2.05) is 0 Å². The van der Waals surface area contributed by atoms with E-state index in [9.17, 15) is 0 Å². The third-order valence-corrected chi connectivity index (χ3v) is 5.11. The predicted octanol–water partition coefficient (Wildman–Crippen LogP) is 2.77. The zero-order chi connectivity index (χ0) is 11.7. The summed E-state index contributed by atoms with van der Waals surface area (Å²) in [4.78, 5) is 1.30. The number of hydrogen-bond donors (Lipinski definition) is 2. The monoisotopic (exact) mass is 250 g/mol. The molecule has 2 aliphatic carbocycles. The van der Waals surface area contributed by atoms with Crippen molar-refractivity contribution in [3.05, 3.63) is 22.4 Å². The van der Waals surface area contributed by atoms with Crippen LogP contribution < -0.4 is 11.1 Å². The first-order valence-electron chi connectivity index (χ1n) is 6.84. The van der Waals surface area contributed by atoms with Gasteiger partial charge in [-0.05, 0) is 61.4 Å². The minimum Gasteiger partial charge on any atom is -0.322 e. The van der Waals surface area contributed by atoms with Crippen molar-refractivity contribution in [1.82, 2.24) is 5.32 Å². The molecule has 0 aliphatic heterocycles. The Labute approximate surface area is 108 Å². The first-order valence-corrected chi connectivity index (χ1v) is 7.72. The molecule has 1 unspecified atom stereocenters. The molecule has 0 amide bonds. The van der Waals surface area contributed by atoms with Gasteiger partial charge < -0.3 is 11.1 Å². The van der Waals surface area contributed by atoms with E-state index in [1.165, 1.54) is 37.1 Å². The second-order valence-corrected chi connectivity index (χ2v) is 6.60. The summed E-state index contributed by atoms with van der Waals surface area (Å²) >= 11 is 1.76. The third kappa shape index (κ3) is 3.09. The summed E-state index contributed by atoms with van der Waals surface area (Å²) in [5.41, 5.74) is 6.16. The van der Waals surface area contributed by atoms with Crippen LogP contribution in [0.4, 0.5) is 0 Å². The zero-order valence-corrected chi connectivity index (χ0v) is 11.1. The Bertz CT molecular complexity index is 329. The molecule has 1 heterocycles. The highest BCUT2D eigenvalue weighted by atomic mass is 32.1. The van der Waals surface area contributed by atoms with Crippen molar-refractivity contribution in [1.29, 1.82) is 0 Å². The van der Waals surface area contributed by atoms with Gasteiger partial charge in [-0.1, -0.05) is 6.07 Å². The van der Waals surface area contributed by atoms with Gasteiger partial charge in [-0.2, -0.15) is 0 Å². The van der Waals surface area contributed by atoms with Gasteiger partial charge in [0, 0.05) is 11.4 Å². The Kier molecular flexibility index (Phi) is 3.50. The van der Waals surface area contributed by atoms with Crippen molar-refractivity contribution in [2.45, 2.75) is 31.7 Å². The normalized spacial score (nSPS) is 22.0. The molecule has 3 N–H and O–H groups in total. The van der Waals surface area contributed by atoms with Crippen molar-refractivity contribution in [2.24, 2.45) is 23.5 Å². The van der Waals surface area contributed by atoms with E-state index in [-0.39, 0.29) is 6.04 Å². The largest absolute Gasteiger partial charge is 0.322 e. The predicted molar refractivity (Wildman–Crippen MR) is 73.1 cm³/mol. The fourth-order valence-corrected chi connectivity index (χ4v) is 3.50. The molecule has 3 heteroatoms. The maximum absolute atomic E-state index is 6.16. The first kappa shape index (κ1) is 11.7. The third-order valence-electron chi connectivity index (χ3n) is 4.11. The molecule has 17 heavy (non-hydrogen) atoms. The molecule has 2 saturated carbocycles. The fourth-order valence-electron chi connectivity index (χ4n) is 2.78. The average Bonchev–Trinajstić information content (AvgIpc) is 3.25. The Morgan fingerprint density at radius 1 is 1.24 bits per heavy atom. The minimum absolute atomic E-state index is 0.175. The molecule has 2 nitrogen and oxygen atoms in total. The summed E-state index contributed by atoms with van der Waals surface area (Å²) in [5.74, 6) is 3.02. The van der Waals surface area contributed by atoms with E-state index in [0.717, 1.165) is 24.3 Å². The molecule has 0 spiro atoms. The maximum Gasteiger partial charge on any atom is 0.0516 e. The zero-order valence-electron chi connectivity index (χ0n) is 10.3. The number of thiophene rings is 1. The highest BCUT2D eigenvalue weighted by molar-refractivity contribution is 7.10. The lowest BCUT2D eigenvalue weighted by molar-refractivity contribution is 0.374. The van der Waals surface area contributed by atoms with E-state index >= 15 is 0 Å². The summed E-state index contributed by atoms with van der Waals surface area (Å²) in [6.07, 6.45) is 5.89. The Hall–Kier alpha value is -0.380. The Morgan fingerprint density at radius 3 is 2.47 bits per heavy atom. The van der Waals surface area contributed by atoms with Crippen LogP contribution in [0.5, 0.6) is 0 Å². The minimum atomic E-state index is 0.175. The SMILES string of the molecule is NC(CNCC(C1CC1)C1CC1)c1cccs1. The molecule has 0 saturated heterocycles. The average molecular weight is 250 g/mol. The van der Waals surface area contributed by atoms with Crippen molar-refractivity contribution in [3.63, 3.8) is 0 Å². The molecule has 2 fully saturated rings. The second-order valence-electron chi connectivity index (χ2n) is 5.62. The number of hydrogen-bond acceptors (Lipinski definition) is 3. The molecular formula is C14H22N2S. The molecule has 0 radical (unpaired) electrons. The molecular weight excluding hydrogens is 228 g/mol. The van der Waals surface area contributed by atoms with Crippen LogP contribution in [0, 0.1) is 17.8 Å². The second kappa shape index (κ2) is 5.09. The quantitative estimate of drug-likeness (QED) is 0.781. The lowest BCUT2D eigenvalue weighted by atomic mass is 9.98. The summed E-state index contributed by atoms with van der Waals surface area (Å²) in [6.45, 7) is 2.12. The Morgan fingerprint density at radius 2 is 1.94 bits per heavy atom. The van der Waals surface area contributed by atoms with Gasteiger partial charge >= 0.3 is 0 Å². The number of rotatable bonds is 7. The van der Waals surface area contributed by atoms with E-state index in [0.29, 0.717) is 0 Å². The van der Waals surface area contributed by atoms with Crippen molar-refractivity contribution in [3.8, 4) is 0 Å². The van der Waals surface area contributed by atoms with Crippen LogP contribution >= 0.6 is 11.3 Å². The lowest BCUT2D eigenvalue weighted by Crippen LogP contribution is -2.31. The van der Waals surface area contributed by atoms with Gasteiger partial charge in [0.15, 0.2) is 0 Å². The van der Waals surface area contributed by atoms with Crippen LogP contribution in [0.25, 0.3) is 0 Å². The molecule has 1 aromatic rings. The summed E-state index contributed by atoms with van der Waals surface area (Å²) in [6, 6.07) is 4.39. The smallest absolute Gasteiger partial charge is 0.0516 e. The highest BCUT2D eigenvalue weighted by Gasteiger charge is 2.40. The molecule has 3 rings (SSSR count). The van der Waals surface area contributed by atoms with Crippen LogP contribution in [0.1, 0.15) is 36.6 Å². The molecule has 94 valence electrons. The van der Waals surface area contributed by atoms with E-state index in [4.69, 9.17) is 5.73 Å². The van der Waals surface area contributed by atoms with Crippen molar-refractivity contribution in [2.75, 3.05) is 13.1 Å². The highest BCUT2D eigenvalue weighted by Crippen LogP contribution is 2.48. The topological polar surface area (TPSA) is 38.0 Å². The summed E-state index contributed by atoms with van der Waals surface area (Å²) in [7, 11) is 0. The Balaban J connectivity index is 1.41. The number of nitrogens with one attached hydrogen (secondary N) is 1. The summed E-state index contributed by atoms with van der Waals surface area (Å²) < 4.78 is 0. The van der Waals surface area contributed by atoms with Gasteiger partial charge in [0.25, 0.3) is 0 Å². The molecule has 0 aromatic carbocycles. The van der Waals surface area contributed by atoms with Crippen LogP contribution in [0.3, 0.4) is 0 Å². The van der Waals surface area contributed by atoms with Gasteiger partial charge in [-0.15, -0.1) is 11.3 Å². The molecule has 2 aliphatic rings. The van der Waals surface area contributed by atoms with Crippen molar-refractivity contribution >= 4 is 11.3 Å². The molecule has 1 aromatic heterocycles. The van der Waals surface area contributed by atoms with Crippen LogP contribution in [0.2, 0.25) is 0 Å². The first-order chi connectivity index (χ1) is 8.34.